The molecule has 2 N–H and O–H groups in total. The molecule has 1 fully saturated rings. The summed E-state index contributed by atoms with van der Waals surface area (Å²) in [7, 11) is 0. The van der Waals surface area contributed by atoms with Crippen molar-refractivity contribution >= 4 is 17.6 Å². The standard InChI is InChI=1S/C29H37NO4/c1-17-10-12-20(13-11-17)22-18(2)21-16-29(14-8-7-9-15-29)27(33)30-24(21)19(3)23(22)25(26(31)32)34-28(4,5)6/h10-13,25H,7-9,14-16H2,1-6H3,(H,30,33)(H,31,32)/t25-/m0/s1. The molecule has 1 spiro atoms. The van der Waals surface area contributed by atoms with E-state index in [0.717, 1.165) is 64.8 Å². The number of hydrogen-bond acceptors (Lipinski definition) is 3. The van der Waals surface area contributed by atoms with E-state index in [0.29, 0.717) is 12.0 Å². The van der Waals surface area contributed by atoms with E-state index in [4.69, 9.17) is 4.74 Å². The maximum atomic E-state index is 13.4. The fraction of sp³-hybridized carbons (Fsp3) is 0.517. The van der Waals surface area contributed by atoms with Gasteiger partial charge in [-0.05, 0) is 88.6 Å². The fourth-order valence-electron chi connectivity index (χ4n) is 5.78. The first-order valence-corrected chi connectivity index (χ1v) is 12.4. The van der Waals surface area contributed by atoms with Crippen molar-refractivity contribution in [3.8, 4) is 11.1 Å². The Morgan fingerprint density at radius 2 is 1.65 bits per heavy atom. The van der Waals surface area contributed by atoms with Gasteiger partial charge in [0, 0.05) is 11.3 Å². The number of carbonyl (C=O) groups excluding carboxylic acids is 1. The molecule has 1 aliphatic heterocycles. The van der Waals surface area contributed by atoms with E-state index >= 15 is 0 Å². The number of rotatable bonds is 4. The summed E-state index contributed by atoms with van der Waals surface area (Å²) in [5.41, 5.74) is 6.38. The molecule has 34 heavy (non-hydrogen) atoms. The van der Waals surface area contributed by atoms with Gasteiger partial charge in [0.25, 0.3) is 0 Å². The van der Waals surface area contributed by atoms with Gasteiger partial charge in [0.15, 0.2) is 6.10 Å². The Labute approximate surface area is 202 Å². The Bertz CT molecular complexity index is 1120. The maximum Gasteiger partial charge on any atom is 0.337 e. The van der Waals surface area contributed by atoms with Crippen LogP contribution in [0.2, 0.25) is 0 Å². The minimum atomic E-state index is -1.15. The van der Waals surface area contributed by atoms with Crippen LogP contribution in [-0.2, 0) is 20.7 Å². The maximum absolute atomic E-state index is 13.4. The predicted octanol–water partition coefficient (Wildman–Crippen LogP) is 6.66. The van der Waals surface area contributed by atoms with Crippen LogP contribution < -0.4 is 5.32 Å². The lowest BCUT2D eigenvalue weighted by atomic mass is 9.66. The van der Waals surface area contributed by atoms with E-state index in [1.54, 1.807) is 0 Å². The summed E-state index contributed by atoms with van der Waals surface area (Å²) < 4.78 is 6.12. The van der Waals surface area contributed by atoms with Crippen LogP contribution >= 0.6 is 0 Å². The van der Waals surface area contributed by atoms with Gasteiger partial charge in [-0.2, -0.15) is 0 Å². The summed E-state index contributed by atoms with van der Waals surface area (Å²) >= 11 is 0. The highest BCUT2D eigenvalue weighted by Gasteiger charge is 2.45. The van der Waals surface area contributed by atoms with Crippen molar-refractivity contribution in [2.75, 3.05) is 5.32 Å². The molecule has 0 radical (unpaired) electrons. The second kappa shape index (κ2) is 8.84. The number of benzene rings is 2. The molecule has 5 heteroatoms. The van der Waals surface area contributed by atoms with Crippen molar-refractivity contribution in [1.82, 2.24) is 0 Å². The Morgan fingerprint density at radius 1 is 1.03 bits per heavy atom. The molecule has 4 rings (SSSR count). The first-order chi connectivity index (χ1) is 15.9. The first-order valence-electron chi connectivity index (χ1n) is 12.4. The second-order valence-electron chi connectivity index (χ2n) is 11.2. The Balaban J connectivity index is 1.99. The van der Waals surface area contributed by atoms with Gasteiger partial charge in [-0.1, -0.05) is 49.1 Å². The van der Waals surface area contributed by atoms with Crippen LogP contribution in [0.4, 0.5) is 5.69 Å². The minimum Gasteiger partial charge on any atom is -0.479 e. The molecule has 2 aliphatic rings. The van der Waals surface area contributed by atoms with E-state index in [1.807, 2.05) is 34.6 Å². The number of carboxylic acids is 1. The highest BCUT2D eigenvalue weighted by molar-refractivity contribution is 6.01. The zero-order valence-corrected chi connectivity index (χ0v) is 21.3. The number of ether oxygens (including phenoxy) is 1. The lowest BCUT2D eigenvalue weighted by Gasteiger charge is -2.42. The molecular formula is C29H37NO4. The monoisotopic (exact) mass is 463 g/mol. The van der Waals surface area contributed by atoms with Crippen LogP contribution in [0.15, 0.2) is 24.3 Å². The zero-order valence-electron chi connectivity index (χ0n) is 21.3. The third-order valence-electron chi connectivity index (χ3n) is 7.52. The molecule has 5 nitrogen and oxygen atoms in total. The van der Waals surface area contributed by atoms with Gasteiger partial charge in [-0.3, -0.25) is 4.79 Å². The van der Waals surface area contributed by atoms with E-state index in [9.17, 15) is 14.7 Å². The van der Waals surface area contributed by atoms with Crippen LogP contribution in [0.25, 0.3) is 11.1 Å². The highest BCUT2D eigenvalue weighted by atomic mass is 16.5. The van der Waals surface area contributed by atoms with Crippen LogP contribution in [-0.4, -0.2) is 22.6 Å². The molecule has 0 bridgehead atoms. The molecule has 0 aromatic heterocycles. The molecule has 182 valence electrons. The quantitative estimate of drug-likeness (QED) is 0.531. The lowest BCUT2D eigenvalue weighted by molar-refractivity contribution is -0.160. The van der Waals surface area contributed by atoms with E-state index in [1.165, 1.54) is 6.42 Å². The van der Waals surface area contributed by atoms with Gasteiger partial charge in [-0.25, -0.2) is 4.79 Å². The average molecular weight is 464 g/mol. The number of aliphatic carboxylic acids is 1. The number of hydrogen-bond donors (Lipinski definition) is 2. The number of carbonyl (C=O) groups is 2. The number of nitrogens with one attached hydrogen (secondary N) is 1. The summed E-state index contributed by atoms with van der Waals surface area (Å²) in [5.74, 6) is -0.948. The number of amides is 1. The first kappa shape index (κ1) is 24.5. The molecule has 2 aromatic carbocycles. The minimum absolute atomic E-state index is 0.0832. The van der Waals surface area contributed by atoms with Gasteiger partial charge in [0.05, 0.1) is 11.0 Å². The third-order valence-corrected chi connectivity index (χ3v) is 7.52. The molecule has 1 saturated carbocycles. The lowest BCUT2D eigenvalue weighted by Crippen LogP contribution is -2.44. The average Bonchev–Trinajstić information content (AvgIpc) is 2.77. The normalized spacial score (nSPS) is 18.4. The zero-order chi connectivity index (χ0) is 24.8. The van der Waals surface area contributed by atoms with Crippen LogP contribution in [0.5, 0.6) is 0 Å². The summed E-state index contributed by atoms with van der Waals surface area (Å²) in [6, 6.07) is 8.22. The molecule has 1 aliphatic carbocycles. The van der Waals surface area contributed by atoms with Crippen LogP contribution in [0, 0.1) is 26.2 Å². The molecule has 1 amide bonds. The van der Waals surface area contributed by atoms with Gasteiger partial charge < -0.3 is 15.2 Å². The third kappa shape index (κ3) is 4.38. The van der Waals surface area contributed by atoms with Crippen molar-refractivity contribution in [1.29, 1.82) is 0 Å². The van der Waals surface area contributed by atoms with Crippen LogP contribution in [0.3, 0.4) is 0 Å². The summed E-state index contributed by atoms with van der Waals surface area (Å²) in [6.07, 6.45) is 4.69. The summed E-state index contributed by atoms with van der Waals surface area (Å²) in [5, 5.41) is 13.5. The van der Waals surface area contributed by atoms with Gasteiger partial charge >= 0.3 is 5.97 Å². The van der Waals surface area contributed by atoms with Crippen molar-refractivity contribution in [3.05, 3.63) is 52.1 Å². The van der Waals surface area contributed by atoms with Gasteiger partial charge in [0.1, 0.15) is 0 Å². The molecule has 1 heterocycles. The fourth-order valence-corrected chi connectivity index (χ4v) is 5.78. The number of anilines is 1. The molecule has 1 atom stereocenters. The summed E-state index contributed by atoms with van der Waals surface area (Å²) in [6.45, 7) is 11.6. The number of carboxylic acid groups (broad SMARTS) is 1. The van der Waals surface area contributed by atoms with Crippen molar-refractivity contribution in [3.63, 3.8) is 0 Å². The largest absolute Gasteiger partial charge is 0.479 e. The highest BCUT2D eigenvalue weighted by Crippen LogP contribution is 2.50. The number of aryl methyl sites for hydroxylation is 1. The summed E-state index contributed by atoms with van der Waals surface area (Å²) in [4.78, 5) is 25.9. The molecule has 2 aromatic rings. The van der Waals surface area contributed by atoms with E-state index < -0.39 is 17.7 Å². The van der Waals surface area contributed by atoms with Gasteiger partial charge in [-0.15, -0.1) is 0 Å². The second-order valence-corrected chi connectivity index (χ2v) is 11.2. The SMILES string of the molecule is Cc1ccc(-c2c(C)c3c(c(C)c2[C@H](OC(C)(C)C)C(=O)O)NC(=O)C2(CCCCC2)C3)cc1. The Morgan fingerprint density at radius 3 is 2.21 bits per heavy atom. The van der Waals surface area contributed by atoms with Crippen molar-refractivity contribution in [2.24, 2.45) is 5.41 Å². The molecule has 0 saturated heterocycles. The molecular weight excluding hydrogens is 426 g/mol. The van der Waals surface area contributed by atoms with Crippen molar-refractivity contribution in [2.45, 2.75) is 91.8 Å². The van der Waals surface area contributed by atoms with Crippen molar-refractivity contribution < 1.29 is 19.4 Å². The Hall–Kier alpha value is -2.66. The predicted molar refractivity (Wildman–Crippen MR) is 135 cm³/mol. The van der Waals surface area contributed by atoms with Crippen LogP contribution in [0.1, 0.15) is 86.8 Å². The topological polar surface area (TPSA) is 75.6 Å². The van der Waals surface area contributed by atoms with E-state index in [-0.39, 0.29) is 11.3 Å². The smallest absolute Gasteiger partial charge is 0.337 e. The van der Waals surface area contributed by atoms with Gasteiger partial charge in [0.2, 0.25) is 5.91 Å². The number of fused-ring (bicyclic) bond motifs is 1. The van der Waals surface area contributed by atoms with E-state index in [2.05, 4.69) is 36.5 Å². The Kier molecular flexibility index (Phi) is 6.36. The molecule has 0 unspecified atom stereocenters.